The maximum atomic E-state index is 6.50. The SMILES string of the molecule is NC1(c2cccc(N3C=NCC3)c2)CCCC1. The van der Waals surface area contributed by atoms with Gasteiger partial charge in [-0.2, -0.15) is 0 Å². The lowest BCUT2D eigenvalue weighted by atomic mass is 9.89. The Hall–Kier alpha value is -1.35. The molecule has 1 aliphatic heterocycles. The number of hydrogen-bond acceptors (Lipinski definition) is 3. The lowest BCUT2D eigenvalue weighted by Gasteiger charge is -2.26. The number of anilines is 1. The van der Waals surface area contributed by atoms with Gasteiger partial charge in [0.25, 0.3) is 0 Å². The zero-order chi connectivity index (χ0) is 11.7. The molecule has 1 aromatic carbocycles. The molecule has 2 aliphatic rings. The molecule has 90 valence electrons. The molecule has 0 unspecified atom stereocenters. The molecule has 1 fully saturated rings. The second-order valence-corrected chi connectivity index (χ2v) is 5.13. The molecular weight excluding hydrogens is 210 g/mol. The van der Waals surface area contributed by atoms with Crippen LogP contribution in [-0.4, -0.2) is 19.4 Å². The molecule has 0 saturated heterocycles. The fraction of sp³-hybridized carbons (Fsp3) is 0.500. The number of hydrogen-bond donors (Lipinski definition) is 1. The Bertz CT molecular complexity index is 433. The van der Waals surface area contributed by atoms with E-state index in [1.807, 2.05) is 6.34 Å². The van der Waals surface area contributed by atoms with Gasteiger partial charge < -0.3 is 10.6 Å². The van der Waals surface area contributed by atoms with E-state index in [-0.39, 0.29) is 5.54 Å². The summed E-state index contributed by atoms with van der Waals surface area (Å²) >= 11 is 0. The summed E-state index contributed by atoms with van der Waals surface area (Å²) in [5.41, 5.74) is 8.91. The average Bonchev–Trinajstić information content (AvgIpc) is 3.01. The van der Waals surface area contributed by atoms with Crippen molar-refractivity contribution < 1.29 is 0 Å². The van der Waals surface area contributed by atoms with E-state index < -0.39 is 0 Å². The van der Waals surface area contributed by atoms with E-state index in [0.717, 1.165) is 25.9 Å². The molecule has 1 heterocycles. The number of rotatable bonds is 2. The summed E-state index contributed by atoms with van der Waals surface area (Å²) in [6.45, 7) is 1.89. The average molecular weight is 229 g/mol. The highest BCUT2D eigenvalue weighted by Gasteiger charge is 2.31. The van der Waals surface area contributed by atoms with Crippen LogP contribution in [0.2, 0.25) is 0 Å². The normalized spacial score (nSPS) is 22.3. The lowest BCUT2D eigenvalue weighted by Crippen LogP contribution is -2.33. The van der Waals surface area contributed by atoms with E-state index in [9.17, 15) is 0 Å². The van der Waals surface area contributed by atoms with Crippen molar-refractivity contribution in [2.75, 3.05) is 18.0 Å². The molecule has 3 heteroatoms. The van der Waals surface area contributed by atoms with Crippen molar-refractivity contribution in [2.24, 2.45) is 10.7 Å². The summed E-state index contributed by atoms with van der Waals surface area (Å²) < 4.78 is 0. The molecule has 0 aromatic heterocycles. The summed E-state index contributed by atoms with van der Waals surface area (Å²) in [7, 11) is 0. The Morgan fingerprint density at radius 2 is 2.06 bits per heavy atom. The Balaban J connectivity index is 1.90. The third kappa shape index (κ3) is 1.95. The van der Waals surface area contributed by atoms with Crippen LogP contribution in [-0.2, 0) is 5.54 Å². The van der Waals surface area contributed by atoms with Gasteiger partial charge in [-0.05, 0) is 30.5 Å². The van der Waals surface area contributed by atoms with Crippen LogP contribution in [0.4, 0.5) is 5.69 Å². The van der Waals surface area contributed by atoms with Crippen molar-refractivity contribution in [1.29, 1.82) is 0 Å². The highest BCUT2D eigenvalue weighted by atomic mass is 15.2. The number of aliphatic imine (C=N–C) groups is 1. The molecule has 2 N–H and O–H groups in total. The zero-order valence-electron chi connectivity index (χ0n) is 10.1. The summed E-state index contributed by atoms with van der Waals surface area (Å²) in [6, 6.07) is 8.66. The fourth-order valence-corrected chi connectivity index (χ4v) is 2.86. The van der Waals surface area contributed by atoms with Crippen LogP contribution in [0.1, 0.15) is 31.2 Å². The fourth-order valence-electron chi connectivity index (χ4n) is 2.86. The van der Waals surface area contributed by atoms with Gasteiger partial charge in [-0.25, -0.2) is 0 Å². The van der Waals surface area contributed by atoms with Crippen LogP contribution < -0.4 is 10.6 Å². The van der Waals surface area contributed by atoms with Crippen LogP contribution >= 0.6 is 0 Å². The molecule has 0 radical (unpaired) electrons. The minimum atomic E-state index is -0.0904. The van der Waals surface area contributed by atoms with Gasteiger partial charge in [0.05, 0.1) is 12.9 Å². The first-order chi connectivity index (χ1) is 8.28. The third-order valence-corrected chi connectivity index (χ3v) is 3.94. The molecule has 1 aliphatic carbocycles. The van der Waals surface area contributed by atoms with Crippen LogP contribution in [0.5, 0.6) is 0 Å². The Labute approximate surface area is 102 Å². The van der Waals surface area contributed by atoms with E-state index in [0.29, 0.717) is 0 Å². The first-order valence-corrected chi connectivity index (χ1v) is 6.44. The molecule has 1 aromatic rings. The minimum absolute atomic E-state index is 0.0904. The first-order valence-electron chi connectivity index (χ1n) is 6.44. The van der Waals surface area contributed by atoms with Crippen molar-refractivity contribution in [3.05, 3.63) is 29.8 Å². The first kappa shape index (κ1) is 10.8. The highest BCUT2D eigenvalue weighted by molar-refractivity contribution is 5.81. The largest absolute Gasteiger partial charge is 0.331 e. The van der Waals surface area contributed by atoms with Crippen molar-refractivity contribution in [3.63, 3.8) is 0 Å². The van der Waals surface area contributed by atoms with Crippen LogP contribution in [0.3, 0.4) is 0 Å². The molecule has 0 amide bonds. The summed E-state index contributed by atoms with van der Waals surface area (Å²) in [4.78, 5) is 6.45. The number of nitrogens with zero attached hydrogens (tertiary/aromatic N) is 2. The van der Waals surface area contributed by atoms with Gasteiger partial charge in [-0.3, -0.25) is 4.99 Å². The summed E-state index contributed by atoms with van der Waals surface area (Å²) in [5, 5.41) is 0. The van der Waals surface area contributed by atoms with E-state index in [4.69, 9.17) is 5.73 Å². The predicted molar refractivity (Wildman–Crippen MR) is 71.5 cm³/mol. The monoisotopic (exact) mass is 229 g/mol. The zero-order valence-corrected chi connectivity index (χ0v) is 10.1. The van der Waals surface area contributed by atoms with E-state index in [2.05, 4.69) is 34.2 Å². The summed E-state index contributed by atoms with van der Waals surface area (Å²) in [6.07, 6.45) is 6.67. The topological polar surface area (TPSA) is 41.6 Å². The molecule has 0 spiro atoms. The number of benzene rings is 1. The van der Waals surface area contributed by atoms with Crippen molar-refractivity contribution >= 4 is 12.0 Å². The Morgan fingerprint density at radius 3 is 2.76 bits per heavy atom. The maximum absolute atomic E-state index is 6.50. The molecule has 0 atom stereocenters. The van der Waals surface area contributed by atoms with Gasteiger partial charge in [0.2, 0.25) is 0 Å². The van der Waals surface area contributed by atoms with Crippen LogP contribution in [0, 0.1) is 0 Å². The van der Waals surface area contributed by atoms with E-state index in [1.54, 1.807) is 0 Å². The van der Waals surface area contributed by atoms with Crippen molar-refractivity contribution in [2.45, 2.75) is 31.2 Å². The smallest absolute Gasteiger partial charge is 0.0895 e. The second-order valence-electron chi connectivity index (χ2n) is 5.13. The minimum Gasteiger partial charge on any atom is -0.331 e. The maximum Gasteiger partial charge on any atom is 0.0895 e. The molecular formula is C14H19N3. The van der Waals surface area contributed by atoms with Gasteiger partial charge >= 0.3 is 0 Å². The molecule has 3 rings (SSSR count). The quantitative estimate of drug-likeness (QED) is 0.845. The van der Waals surface area contributed by atoms with E-state index in [1.165, 1.54) is 24.1 Å². The standard InChI is InChI=1S/C14H19N3/c15-14(6-1-2-7-14)12-4-3-5-13(10-12)17-9-8-16-11-17/h3-5,10-11H,1-2,6-9,15H2. The van der Waals surface area contributed by atoms with Gasteiger partial charge in [-0.15, -0.1) is 0 Å². The van der Waals surface area contributed by atoms with Gasteiger partial charge in [0.15, 0.2) is 0 Å². The predicted octanol–water partition coefficient (Wildman–Crippen LogP) is 2.26. The van der Waals surface area contributed by atoms with Crippen LogP contribution in [0.15, 0.2) is 29.3 Å². The Morgan fingerprint density at radius 1 is 1.24 bits per heavy atom. The summed E-state index contributed by atoms with van der Waals surface area (Å²) in [5.74, 6) is 0. The molecule has 1 saturated carbocycles. The Kier molecular flexibility index (Phi) is 2.63. The van der Waals surface area contributed by atoms with Gasteiger partial charge in [0, 0.05) is 17.8 Å². The third-order valence-electron chi connectivity index (χ3n) is 3.94. The van der Waals surface area contributed by atoms with Crippen molar-refractivity contribution in [3.8, 4) is 0 Å². The van der Waals surface area contributed by atoms with Crippen molar-refractivity contribution in [1.82, 2.24) is 0 Å². The van der Waals surface area contributed by atoms with Crippen LogP contribution in [0.25, 0.3) is 0 Å². The highest BCUT2D eigenvalue weighted by Crippen LogP contribution is 2.37. The number of nitrogens with two attached hydrogens (primary N) is 1. The molecule has 3 nitrogen and oxygen atoms in total. The second kappa shape index (κ2) is 4.15. The van der Waals surface area contributed by atoms with Gasteiger partial charge in [-0.1, -0.05) is 25.0 Å². The lowest BCUT2D eigenvalue weighted by molar-refractivity contribution is 0.462. The molecule has 0 bridgehead atoms. The van der Waals surface area contributed by atoms with Gasteiger partial charge in [0.1, 0.15) is 0 Å². The molecule has 17 heavy (non-hydrogen) atoms. The van der Waals surface area contributed by atoms with E-state index >= 15 is 0 Å².